The first-order valence-electron chi connectivity index (χ1n) is 11.8. The minimum atomic E-state index is -1.42. The zero-order valence-electron chi connectivity index (χ0n) is 21.3. The molecule has 0 aliphatic heterocycles. The molecule has 0 aliphatic rings. The van der Waals surface area contributed by atoms with Crippen LogP contribution in [0.3, 0.4) is 0 Å². The third-order valence-electron chi connectivity index (χ3n) is 5.46. The van der Waals surface area contributed by atoms with Crippen molar-refractivity contribution >= 4 is 29.8 Å². The first kappa shape index (κ1) is 29.1. The molecule has 0 bridgehead atoms. The Morgan fingerprint density at radius 2 is 1.65 bits per heavy atom. The Hall–Kier alpha value is -4.18. The lowest BCUT2D eigenvalue weighted by atomic mass is 10.0. The largest absolute Gasteiger partial charge is 0.508 e. The number of aliphatic hydroxyl groups is 1. The van der Waals surface area contributed by atoms with Gasteiger partial charge in [-0.15, -0.1) is 0 Å². The molecular formula is C27H33N3O7. The highest BCUT2D eigenvalue weighted by Gasteiger charge is 2.30. The van der Waals surface area contributed by atoms with Crippen molar-refractivity contribution in [1.82, 2.24) is 16.0 Å². The van der Waals surface area contributed by atoms with Gasteiger partial charge in [-0.05, 0) is 43.5 Å². The highest BCUT2D eigenvalue weighted by molar-refractivity contribution is 6.01. The van der Waals surface area contributed by atoms with Crippen LogP contribution in [-0.2, 0) is 19.1 Å². The predicted octanol–water partition coefficient (Wildman–Crippen LogP) is 1.65. The number of rotatable bonds is 11. The lowest BCUT2D eigenvalue weighted by molar-refractivity contribution is -0.140. The fourth-order valence-corrected chi connectivity index (χ4v) is 3.37. The molecule has 2 aromatic rings. The van der Waals surface area contributed by atoms with Crippen LogP contribution in [0.5, 0.6) is 5.75 Å². The van der Waals surface area contributed by atoms with Crippen LogP contribution in [0.1, 0.15) is 42.3 Å². The van der Waals surface area contributed by atoms with E-state index < -0.39 is 42.4 Å². The highest BCUT2D eigenvalue weighted by Crippen LogP contribution is 2.20. The lowest BCUT2D eigenvalue weighted by Gasteiger charge is -2.25. The van der Waals surface area contributed by atoms with E-state index in [2.05, 4.69) is 16.0 Å². The molecule has 0 spiro atoms. The van der Waals surface area contributed by atoms with Crippen LogP contribution in [0.2, 0.25) is 0 Å². The van der Waals surface area contributed by atoms with Gasteiger partial charge in [-0.25, -0.2) is 4.79 Å². The van der Waals surface area contributed by atoms with Crippen molar-refractivity contribution in [3.05, 3.63) is 70.9 Å². The van der Waals surface area contributed by atoms with Crippen LogP contribution < -0.4 is 16.0 Å². The number of carbonyl (C=O) groups excluding carboxylic acids is 4. The third-order valence-corrected chi connectivity index (χ3v) is 5.46. The van der Waals surface area contributed by atoms with Gasteiger partial charge < -0.3 is 30.9 Å². The van der Waals surface area contributed by atoms with Gasteiger partial charge in [0.15, 0.2) is 0 Å². The number of amides is 3. The zero-order chi connectivity index (χ0) is 27.5. The summed E-state index contributed by atoms with van der Waals surface area (Å²) in [5, 5.41) is 27.1. The van der Waals surface area contributed by atoms with Gasteiger partial charge in [0.2, 0.25) is 11.8 Å². The maximum atomic E-state index is 13.0. The summed E-state index contributed by atoms with van der Waals surface area (Å²) in [5.74, 6) is -3.35. The normalized spacial score (nSPS) is 12.9. The van der Waals surface area contributed by atoms with E-state index in [1.807, 2.05) is 0 Å². The number of carbonyl (C=O) groups is 4. The molecule has 10 heteroatoms. The number of nitrogens with one attached hydrogen (secondary N) is 3. The maximum Gasteiger partial charge on any atom is 0.354 e. The molecule has 0 unspecified atom stereocenters. The molecule has 0 fully saturated rings. The van der Waals surface area contributed by atoms with E-state index in [0.717, 1.165) is 0 Å². The van der Waals surface area contributed by atoms with E-state index in [0.29, 0.717) is 11.1 Å². The molecule has 198 valence electrons. The summed E-state index contributed by atoms with van der Waals surface area (Å²) in [5.41, 5.74) is 1.01. The Kier molecular flexibility index (Phi) is 10.8. The lowest BCUT2D eigenvalue weighted by Crippen LogP contribution is -2.56. The summed E-state index contributed by atoms with van der Waals surface area (Å²) in [6.45, 7) is 5.92. The molecule has 0 aliphatic carbocycles. The van der Waals surface area contributed by atoms with Crippen LogP contribution in [-0.4, -0.2) is 59.2 Å². The summed E-state index contributed by atoms with van der Waals surface area (Å²) >= 11 is 0. The topological polar surface area (TPSA) is 154 Å². The molecule has 2 atom stereocenters. The molecule has 3 amide bonds. The van der Waals surface area contributed by atoms with E-state index in [1.54, 1.807) is 58.0 Å². The summed E-state index contributed by atoms with van der Waals surface area (Å²) < 4.78 is 5.01. The molecular weight excluding hydrogens is 478 g/mol. The zero-order valence-corrected chi connectivity index (χ0v) is 21.3. The molecule has 0 aromatic heterocycles. The van der Waals surface area contributed by atoms with Crippen molar-refractivity contribution in [2.45, 2.75) is 39.8 Å². The minimum Gasteiger partial charge on any atom is -0.508 e. The molecule has 2 aromatic carbocycles. The number of benzene rings is 2. The van der Waals surface area contributed by atoms with Crippen molar-refractivity contribution in [2.75, 3.05) is 13.2 Å². The number of hydrogen-bond donors (Lipinski definition) is 5. The molecule has 0 radical (unpaired) electrons. The van der Waals surface area contributed by atoms with E-state index in [-0.39, 0.29) is 29.5 Å². The second-order valence-corrected chi connectivity index (χ2v) is 8.57. The minimum absolute atomic E-state index is 0.0591. The summed E-state index contributed by atoms with van der Waals surface area (Å²) in [6, 6.07) is 10.8. The summed E-state index contributed by atoms with van der Waals surface area (Å²) in [6.07, 6.45) is 1.42. The van der Waals surface area contributed by atoms with Crippen LogP contribution in [0.25, 0.3) is 6.08 Å². The molecule has 2 rings (SSSR count). The molecule has 10 nitrogen and oxygen atoms in total. The monoisotopic (exact) mass is 511 g/mol. The van der Waals surface area contributed by atoms with Crippen molar-refractivity contribution < 1.29 is 34.1 Å². The maximum absolute atomic E-state index is 13.0. The van der Waals surface area contributed by atoms with Gasteiger partial charge in [0, 0.05) is 11.1 Å². The average molecular weight is 512 g/mol. The fraction of sp³-hybridized carbons (Fsp3) is 0.333. The van der Waals surface area contributed by atoms with Crippen LogP contribution in [0, 0.1) is 12.8 Å². The standard InChI is InChI=1S/C27H33N3O7/c1-5-37-27(36)20(14-18-10-7-6-8-11-18)28-25(34)21(15-31)29-26(35)23(16(2)3)30-24(33)19-12-9-13-22(32)17(19)4/h6-14,16,21,23,31-32H,5,15H2,1-4H3,(H,28,34)(H,29,35)(H,30,33)/b20-14-/t21-,23-/m0/s1. The van der Waals surface area contributed by atoms with Crippen molar-refractivity contribution in [2.24, 2.45) is 5.92 Å². The van der Waals surface area contributed by atoms with E-state index in [1.165, 1.54) is 24.3 Å². The van der Waals surface area contributed by atoms with Crippen LogP contribution in [0.15, 0.2) is 54.2 Å². The number of aliphatic hydroxyl groups excluding tert-OH is 1. The van der Waals surface area contributed by atoms with Crippen LogP contribution in [0.4, 0.5) is 0 Å². The van der Waals surface area contributed by atoms with Crippen molar-refractivity contribution in [3.8, 4) is 5.75 Å². The smallest absolute Gasteiger partial charge is 0.354 e. The van der Waals surface area contributed by atoms with Gasteiger partial charge in [-0.2, -0.15) is 0 Å². The van der Waals surface area contributed by atoms with Crippen molar-refractivity contribution in [1.29, 1.82) is 0 Å². The predicted molar refractivity (Wildman–Crippen MR) is 137 cm³/mol. The highest BCUT2D eigenvalue weighted by atomic mass is 16.5. The number of phenols is 1. The Morgan fingerprint density at radius 3 is 2.24 bits per heavy atom. The van der Waals surface area contributed by atoms with Gasteiger partial charge in [0.1, 0.15) is 23.5 Å². The van der Waals surface area contributed by atoms with Gasteiger partial charge >= 0.3 is 5.97 Å². The van der Waals surface area contributed by atoms with Crippen molar-refractivity contribution in [3.63, 3.8) is 0 Å². The van der Waals surface area contributed by atoms with E-state index in [4.69, 9.17) is 4.74 Å². The first-order valence-corrected chi connectivity index (χ1v) is 11.8. The Morgan fingerprint density at radius 1 is 0.973 bits per heavy atom. The quantitative estimate of drug-likeness (QED) is 0.227. The summed E-state index contributed by atoms with van der Waals surface area (Å²) in [4.78, 5) is 51.1. The first-order chi connectivity index (χ1) is 17.6. The number of phenolic OH excluding ortho intramolecular Hbond substituents is 1. The number of ether oxygens (including phenoxy) is 1. The Bertz CT molecular complexity index is 1150. The molecule has 37 heavy (non-hydrogen) atoms. The Labute approximate surface area is 215 Å². The third kappa shape index (κ3) is 8.18. The van der Waals surface area contributed by atoms with Gasteiger partial charge in [0.05, 0.1) is 13.2 Å². The molecule has 5 N–H and O–H groups in total. The SMILES string of the molecule is CCOC(=O)/C(=C/c1ccccc1)NC(=O)[C@H](CO)NC(=O)[C@@H](NC(=O)c1cccc(O)c1C)C(C)C. The summed E-state index contributed by atoms with van der Waals surface area (Å²) in [7, 11) is 0. The van der Waals surface area contributed by atoms with E-state index >= 15 is 0 Å². The van der Waals surface area contributed by atoms with Crippen LogP contribution >= 0.6 is 0 Å². The van der Waals surface area contributed by atoms with Gasteiger partial charge in [-0.1, -0.05) is 50.2 Å². The molecule has 0 heterocycles. The Balaban J connectivity index is 2.18. The second-order valence-electron chi connectivity index (χ2n) is 8.57. The average Bonchev–Trinajstić information content (AvgIpc) is 2.87. The van der Waals surface area contributed by atoms with E-state index in [9.17, 15) is 29.4 Å². The fourth-order valence-electron chi connectivity index (χ4n) is 3.37. The number of esters is 1. The van der Waals surface area contributed by atoms with Gasteiger partial charge in [0.25, 0.3) is 5.91 Å². The number of hydrogen-bond acceptors (Lipinski definition) is 7. The number of aromatic hydroxyl groups is 1. The molecule has 0 saturated carbocycles. The second kappa shape index (κ2) is 13.8. The molecule has 0 saturated heterocycles. The van der Waals surface area contributed by atoms with Gasteiger partial charge in [-0.3, -0.25) is 14.4 Å².